The first-order chi connectivity index (χ1) is 8.63. The molecule has 96 valence electrons. The van der Waals surface area contributed by atoms with E-state index >= 15 is 0 Å². The highest BCUT2D eigenvalue weighted by Gasteiger charge is 2.19. The zero-order valence-corrected chi connectivity index (χ0v) is 10.4. The van der Waals surface area contributed by atoms with Crippen LogP contribution in [0.25, 0.3) is 5.52 Å². The smallest absolute Gasteiger partial charge is 0.305 e. The number of hydrogen-bond donors (Lipinski definition) is 1. The molecule has 0 radical (unpaired) electrons. The maximum Gasteiger partial charge on any atom is 0.305 e. The van der Waals surface area contributed by atoms with Crippen molar-refractivity contribution in [3.05, 3.63) is 24.7 Å². The van der Waals surface area contributed by atoms with E-state index < -0.39 is 5.97 Å². The molecule has 1 atom stereocenters. The third-order valence-corrected chi connectivity index (χ3v) is 2.92. The predicted molar refractivity (Wildman–Crippen MR) is 67.7 cm³/mol. The zero-order valence-electron chi connectivity index (χ0n) is 10.4. The second-order valence-electron chi connectivity index (χ2n) is 4.14. The van der Waals surface area contributed by atoms with E-state index in [1.807, 2.05) is 24.8 Å². The Morgan fingerprint density at radius 1 is 1.56 bits per heavy atom. The van der Waals surface area contributed by atoms with Gasteiger partial charge in [-0.3, -0.25) is 4.79 Å². The molecule has 0 aliphatic heterocycles. The van der Waals surface area contributed by atoms with Gasteiger partial charge >= 0.3 is 5.97 Å². The highest BCUT2D eigenvalue weighted by Crippen LogP contribution is 2.21. The largest absolute Gasteiger partial charge is 0.481 e. The van der Waals surface area contributed by atoms with Gasteiger partial charge in [0.2, 0.25) is 0 Å². The van der Waals surface area contributed by atoms with Crippen LogP contribution in [0, 0.1) is 0 Å². The molecular weight excluding hydrogens is 232 g/mol. The Hall–Kier alpha value is -2.11. The van der Waals surface area contributed by atoms with Crippen LogP contribution in [0.3, 0.4) is 0 Å². The van der Waals surface area contributed by atoms with Gasteiger partial charge in [0.1, 0.15) is 5.52 Å². The normalized spacial score (nSPS) is 12.6. The highest BCUT2D eigenvalue weighted by atomic mass is 16.4. The van der Waals surface area contributed by atoms with E-state index in [-0.39, 0.29) is 12.5 Å². The number of nitrogens with zero attached hydrogens (tertiary/aromatic N) is 4. The van der Waals surface area contributed by atoms with E-state index in [9.17, 15) is 4.79 Å². The van der Waals surface area contributed by atoms with Gasteiger partial charge in [0.05, 0.1) is 12.6 Å². The van der Waals surface area contributed by atoms with Crippen LogP contribution in [-0.2, 0) is 4.79 Å². The summed E-state index contributed by atoms with van der Waals surface area (Å²) in [6.45, 7) is 4.57. The maximum absolute atomic E-state index is 10.8. The van der Waals surface area contributed by atoms with Gasteiger partial charge in [0.15, 0.2) is 5.82 Å². The number of rotatable bonds is 5. The van der Waals surface area contributed by atoms with Crippen molar-refractivity contribution in [3.63, 3.8) is 0 Å². The Balaban J connectivity index is 2.37. The fourth-order valence-electron chi connectivity index (χ4n) is 2.10. The van der Waals surface area contributed by atoms with Crippen molar-refractivity contribution in [1.29, 1.82) is 0 Å². The van der Waals surface area contributed by atoms with Crippen LogP contribution in [0.5, 0.6) is 0 Å². The molecule has 0 aliphatic carbocycles. The lowest BCUT2D eigenvalue weighted by atomic mass is 10.2. The van der Waals surface area contributed by atoms with Crippen molar-refractivity contribution in [2.45, 2.75) is 26.3 Å². The van der Waals surface area contributed by atoms with Gasteiger partial charge in [0, 0.05) is 25.0 Å². The summed E-state index contributed by atoms with van der Waals surface area (Å²) in [6, 6.07) is 1.76. The Morgan fingerprint density at radius 2 is 2.33 bits per heavy atom. The van der Waals surface area contributed by atoms with E-state index in [0.717, 1.165) is 11.3 Å². The third kappa shape index (κ3) is 2.27. The second-order valence-corrected chi connectivity index (χ2v) is 4.14. The number of fused-ring (bicyclic) bond motifs is 1. The van der Waals surface area contributed by atoms with Gasteiger partial charge in [-0.05, 0) is 19.9 Å². The fraction of sp³-hybridized carbons (Fsp3) is 0.417. The standard InChI is InChI=1S/C12H16N4O2/c1-3-15(9(2)8-11(17)18)12-10-4-5-14-16(10)7-6-13-12/h4-7,9H,3,8H2,1-2H3,(H,17,18). The van der Waals surface area contributed by atoms with Crippen LogP contribution in [-0.4, -0.2) is 38.3 Å². The predicted octanol–water partition coefficient (Wildman–Crippen LogP) is 1.42. The summed E-state index contributed by atoms with van der Waals surface area (Å²) in [7, 11) is 0. The first-order valence-electron chi connectivity index (χ1n) is 5.90. The molecule has 0 aromatic carbocycles. The van der Waals surface area contributed by atoms with Crippen LogP contribution in [0.4, 0.5) is 5.82 Å². The topological polar surface area (TPSA) is 70.7 Å². The molecule has 6 nitrogen and oxygen atoms in total. The summed E-state index contributed by atoms with van der Waals surface area (Å²) in [5.41, 5.74) is 0.886. The molecule has 2 heterocycles. The molecule has 2 rings (SSSR count). The van der Waals surface area contributed by atoms with Crippen molar-refractivity contribution >= 4 is 17.3 Å². The van der Waals surface area contributed by atoms with Gasteiger partial charge in [-0.25, -0.2) is 9.50 Å². The molecular formula is C12H16N4O2. The van der Waals surface area contributed by atoms with Crippen LogP contribution in [0.1, 0.15) is 20.3 Å². The average Bonchev–Trinajstić information content (AvgIpc) is 2.77. The van der Waals surface area contributed by atoms with Gasteiger partial charge in [0.25, 0.3) is 0 Å². The maximum atomic E-state index is 10.8. The van der Waals surface area contributed by atoms with Crippen molar-refractivity contribution in [2.24, 2.45) is 0 Å². The lowest BCUT2D eigenvalue weighted by Crippen LogP contribution is -2.35. The summed E-state index contributed by atoms with van der Waals surface area (Å²) in [4.78, 5) is 17.1. The minimum absolute atomic E-state index is 0.0880. The summed E-state index contributed by atoms with van der Waals surface area (Å²) >= 11 is 0. The first-order valence-corrected chi connectivity index (χ1v) is 5.90. The van der Waals surface area contributed by atoms with Gasteiger partial charge in [-0.15, -0.1) is 0 Å². The van der Waals surface area contributed by atoms with Crippen molar-refractivity contribution in [2.75, 3.05) is 11.4 Å². The molecule has 1 unspecified atom stereocenters. The number of aliphatic carboxylic acids is 1. The Kier molecular flexibility index (Phi) is 3.45. The van der Waals surface area contributed by atoms with E-state index in [1.165, 1.54) is 0 Å². The zero-order chi connectivity index (χ0) is 13.1. The van der Waals surface area contributed by atoms with Crippen LogP contribution >= 0.6 is 0 Å². The van der Waals surface area contributed by atoms with Crippen molar-refractivity contribution in [1.82, 2.24) is 14.6 Å². The number of carbonyl (C=O) groups is 1. The molecule has 0 fully saturated rings. The quantitative estimate of drug-likeness (QED) is 0.866. The van der Waals surface area contributed by atoms with Gasteiger partial charge in [-0.1, -0.05) is 0 Å². The van der Waals surface area contributed by atoms with Gasteiger partial charge in [-0.2, -0.15) is 5.10 Å². The minimum Gasteiger partial charge on any atom is -0.481 e. The monoisotopic (exact) mass is 248 g/mol. The van der Waals surface area contributed by atoms with Crippen molar-refractivity contribution < 1.29 is 9.90 Å². The Labute approximate surface area is 105 Å². The molecule has 1 N–H and O–H groups in total. The van der Waals surface area contributed by atoms with Crippen LogP contribution in [0.15, 0.2) is 24.7 Å². The van der Waals surface area contributed by atoms with E-state index in [0.29, 0.717) is 6.54 Å². The second kappa shape index (κ2) is 5.03. The fourth-order valence-corrected chi connectivity index (χ4v) is 2.10. The number of carboxylic acids is 1. The molecule has 0 spiro atoms. The molecule has 2 aromatic heterocycles. The Morgan fingerprint density at radius 3 is 3.00 bits per heavy atom. The molecule has 0 aliphatic rings. The number of carboxylic acid groups (broad SMARTS) is 1. The third-order valence-electron chi connectivity index (χ3n) is 2.92. The molecule has 6 heteroatoms. The van der Waals surface area contributed by atoms with Crippen molar-refractivity contribution in [3.8, 4) is 0 Å². The first kappa shape index (κ1) is 12.3. The van der Waals surface area contributed by atoms with Gasteiger partial charge < -0.3 is 10.0 Å². The number of hydrogen-bond acceptors (Lipinski definition) is 4. The van der Waals surface area contributed by atoms with Crippen LogP contribution in [0.2, 0.25) is 0 Å². The highest BCUT2D eigenvalue weighted by molar-refractivity contribution is 5.71. The SMILES string of the molecule is CCN(c1nccn2nccc12)C(C)CC(=O)O. The number of aromatic nitrogens is 3. The lowest BCUT2D eigenvalue weighted by Gasteiger charge is -2.28. The van der Waals surface area contributed by atoms with E-state index in [2.05, 4.69) is 10.1 Å². The minimum atomic E-state index is -0.804. The molecule has 0 bridgehead atoms. The summed E-state index contributed by atoms with van der Waals surface area (Å²) in [5.74, 6) is -0.0346. The Bertz CT molecular complexity index is 552. The van der Waals surface area contributed by atoms with Crippen LogP contribution < -0.4 is 4.90 Å². The molecule has 2 aromatic rings. The summed E-state index contributed by atoms with van der Waals surface area (Å²) in [6.07, 6.45) is 5.24. The number of anilines is 1. The molecule has 0 saturated carbocycles. The average molecular weight is 248 g/mol. The summed E-state index contributed by atoms with van der Waals surface area (Å²) < 4.78 is 1.73. The lowest BCUT2D eigenvalue weighted by molar-refractivity contribution is -0.137. The summed E-state index contributed by atoms with van der Waals surface area (Å²) in [5, 5.41) is 13.0. The van der Waals surface area contributed by atoms with E-state index in [4.69, 9.17) is 5.11 Å². The van der Waals surface area contributed by atoms with E-state index in [1.54, 1.807) is 23.1 Å². The molecule has 0 saturated heterocycles. The molecule has 18 heavy (non-hydrogen) atoms. The molecule has 0 amide bonds.